The van der Waals surface area contributed by atoms with E-state index in [1.165, 1.54) is 32.1 Å². The number of anilines is 1. The summed E-state index contributed by atoms with van der Waals surface area (Å²) in [7, 11) is 1.68. The molecule has 2 rings (SSSR count). The highest BCUT2D eigenvalue weighted by molar-refractivity contribution is 5.62. The Labute approximate surface area is 133 Å². The summed E-state index contributed by atoms with van der Waals surface area (Å²) in [4.78, 5) is 4.27. The molecule has 0 amide bonds. The van der Waals surface area contributed by atoms with E-state index >= 15 is 0 Å². The van der Waals surface area contributed by atoms with Gasteiger partial charge < -0.3 is 15.0 Å². The largest absolute Gasteiger partial charge is 0.497 e. The van der Waals surface area contributed by atoms with E-state index in [4.69, 9.17) is 10.5 Å². The smallest absolute Gasteiger partial charge is 0.200 e. The number of imidazole rings is 1. The van der Waals surface area contributed by atoms with E-state index in [-0.39, 0.29) is 0 Å². The average molecular weight is 301 g/mol. The summed E-state index contributed by atoms with van der Waals surface area (Å²) in [5, 5.41) is 0. The summed E-state index contributed by atoms with van der Waals surface area (Å²) in [5.41, 5.74) is 8.22. The second kappa shape index (κ2) is 8.47. The van der Waals surface area contributed by atoms with Crippen molar-refractivity contribution in [3.63, 3.8) is 0 Å². The minimum absolute atomic E-state index is 0.597. The van der Waals surface area contributed by atoms with Gasteiger partial charge in [0.15, 0.2) is 0 Å². The van der Waals surface area contributed by atoms with Crippen molar-refractivity contribution in [2.24, 2.45) is 0 Å². The van der Waals surface area contributed by atoms with Crippen molar-refractivity contribution in [2.45, 2.75) is 52.0 Å². The molecule has 0 saturated carbocycles. The zero-order valence-electron chi connectivity index (χ0n) is 13.7. The van der Waals surface area contributed by atoms with Crippen LogP contribution >= 0.6 is 0 Å². The van der Waals surface area contributed by atoms with Gasteiger partial charge in [0.05, 0.1) is 19.0 Å². The first kappa shape index (κ1) is 16.4. The molecule has 0 aliphatic heterocycles. The van der Waals surface area contributed by atoms with Crippen LogP contribution in [-0.4, -0.2) is 16.7 Å². The van der Waals surface area contributed by atoms with Crippen LogP contribution in [0.1, 0.15) is 45.4 Å². The van der Waals surface area contributed by atoms with Gasteiger partial charge >= 0.3 is 0 Å². The summed E-state index contributed by atoms with van der Waals surface area (Å²) in [6, 6.07) is 8.03. The fourth-order valence-electron chi connectivity index (χ4n) is 2.67. The topological polar surface area (TPSA) is 53.1 Å². The molecule has 1 heterocycles. The maximum absolute atomic E-state index is 6.02. The van der Waals surface area contributed by atoms with Crippen LogP contribution in [0.4, 0.5) is 5.95 Å². The molecule has 0 atom stereocenters. The lowest BCUT2D eigenvalue weighted by molar-refractivity contribution is 0.415. The van der Waals surface area contributed by atoms with Gasteiger partial charge in [-0.1, -0.05) is 39.0 Å². The molecule has 4 nitrogen and oxygen atoms in total. The quantitative estimate of drug-likeness (QED) is 0.694. The number of hydrogen-bond acceptors (Lipinski definition) is 3. The highest BCUT2D eigenvalue weighted by Crippen LogP contribution is 2.25. The minimum atomic E-state index is 0.597. The van der Waals surface area contributed by atoms with Crippen molar-refractivity contribution in [3.8, 4) is 17.0 Å². The second-order valence-corrected chi connectivity index (χ2v) is 5.65. The Kier molecular flexibility index (Phi) is 6.31. The van der Waals surface area contributed by atoms with Crippen LogP contribution < -0.4 is 10.5 Å². The van der Waals surface area contributed by atoms with E-state index in [9.17, 15) is 0 Å². The normalized spacial score (nSPS) is 10.8. The van der Waals surface area contributed by atoms with E-state index in [0.717, 1.165) is 30.0 Å². The Morgan fingerprint density at radius 2 is 1.73 bits per heavy atom. The number of methoxy groups -OCH3 is 1. The molecule has 120 valence electrons. The maximum atomic E-state index is 6.02. The summed E-state index contributed by atoms with van der Waals surface area (Å²) >= 11 is 0. The molecule has 0 aliphatic rings. The lowest BCUT2D eigenvalue weighted by atomic mass is 10.1. The molecule has 0 unspecified atom stereocenters. The Balaban J connectivity index is 1.98. The predicted octanol–water partition coefficient (Wildman–Crippen LogP) is 4.50. The van der Waals surface area contributed by atoms with Crippen molar-refractivity contribution in [3.05, 3.63) is 30.5 Å². The van der Waals surface area contributed by atoms with Crippen molar-refractivity contribution in [1.29, 1.82) is 0 Å². The van der Waals surface area contributed by atoms with Gasteiger partial charge in [-0.2, -0.15) is 0 Å². The van der Waals surface area contributed by atoms with Gasteiger partial charge in [0.2, 0.25) is 5.95 Å². The molecular weight excluding hydrogens is 274 g/mol. The zero-order chi connectivity index (χ0) is 15.8. The first-order valence-corrected chi connectivity index (χ1v) is 8.21. The molecule has 1 aromatic carbocycles. The van der Waals surface area contributed by atoms with Crippen LogP contribution in [0.15, 0.2) is 30.5 Å². The Morgan fingerprint density at radius 1 is 1.05 bits per heavy atom. The third-order valence-corrected chi connectivity index (χ3v) is 4.01. The predicted molar refractivity (Wildman–Crippen MR) is 92.0 cm³/mol. The third kappa shape index (κ3) is 4.26. The summed E-state index contributed by atoms with van der Waals surface area (Å²) in [6.45, 7) is 3.17. The van der Waals surface area contributed by atoms with E-state index in [1.54, 1.807) is 7.11 Å². The average Bonchev–Trinajstić information content (AvgIpc) is 2.92. The highest BCUT2D eigenvalue weighted by atomic mass is 16.5. The Bertz CT molecular complexity index is 560. The lowest BCUT2D eigenvalue weighted by Gasteiger charge is -2.10. The maximum Gasteiger partial charge on any atom is 0.200 e. The first-order valence-electron chi connectivity index (χ1n) is 8.21. The van der Waals surface area contributed by atoms with Crippen LogP contribution in [0.25, 0.3) is 11.3 Å². The van der Waals surface area contributed by atoms with Gasteiger partial charge in [-0.05, 0) is 30.7 Å². The van der Waals surface area contributed by atoms with E-state index < -0.39 is 0 Å². The van der Waals surface area contributed by atoms with Gasteiger partial charge in [0, 0.05) is 12.1 Å². The number of rotatable bonds is 9. The molecule has 2 aromatic rings. The molecule has 0 aliphatic carbocycles. The number of aromatic nitrogens is 2. The number of unbranched alkanes of at least 4 members (excludes halogenated alkanes) is 5. The molecular formula is C18H27N3O. The van der Waals surface area contributed by atoms with Crippen molar-refractivity contribution in [1.82, 2.24) is 9.55 Å². The van der Waals surface area contributed by atoms with E-state index in [2.05, 4.69) is 16.5 Å². The van der Waals surface area contributed by atoms with Crippen molar-refractivity contribution in [2.75, 3.05) is 12.8 Å². The van der Waals surface area contributed by atoms with Gasteiger partial charge in [-0.3, -0.25) is 0 Å². The van der Waals surface area contributed by atoms with Crippen LogP contribution in [-0.2, 0) is 6.54 Å². The SMILES string of the molecule is CCCCCCCCn1c(-c2ccc(OC)cc2)cnc1N. The van der Waals surface area contributed by atoms with Crippen LogP contribution in [0, 0.1) is 0 Å². The number of nitrogen functional groups attached to an aromatic ring is 1. The van der Waals surface area contributed by atoms with Crippen molar-refractivity contribution >= 4 is 5.95 Å². The monoisotopic (exact) mass is 301 g/mol. The Hall–Kier alpha value is -1.97. The van der Waals surface area contributed by atoms with Gasteiger partial charge in [-0.15, -0.1) is 0 Å². The van der Waals surface area contributed by atoms with Crippen LogP contribution in [0.5, 0.6) is 5.75 Å². The molecule has 1 aromatic heterocycles. The molecule has 0 spiro atoms. The van der Waals surface area contributed by atoms with Crippen molar-refractivity contribution < 1.29 is 4.74 Å². The van der Waals surface area contributed by atoms with Crippen LogP contribution in [0.3, 0.4) is 0 Å². The first-order chi connectivity index (χ1) is 10.8. The molecule has 4 heteroatoms. The zero-order valence-corrected chi connectivity index (χ0v) is 13.7. The number of nitrogens with zero attached hydrogens (tertiary/aromatic N) is 2. The fourth-order valence-corrected chi connectivity index (χ4v) is 2.67. The summed E-state index contributed by atoms with van der Waals surface area (Å²) in [6.07, 6.45) is 9.52. The highest BCUT2D eigenvalue weighted by Gasteiger charge is 2.09. The minimum Gasteiger partial charge on any atom is -0.497 e. The summed E-state index contributed by atoms with van der Waals surface area (Å²) < 4.78 is 7.32. The van der Waals surface area contributed by atoms with E-state index in [1.807, 2.05) is 30.5 Å². The number of ether oxygens (including phenoxy) is 1. The summed E-state index contributed by atoms with van der Waals surface area (Å²) in [5.74, 6) is 1.46. The molecule has 0 bridgehead atoms. The molecule has 0 fully saturated rings. The molecule has 2 N–H and O–H groups in total. The number of hydrogen-bond donors (Lipinski definition) is 1. The van der Waals surface area contributed by atoms with Gasteiger partial charge in [0.1, 0.15) is 5.75 Å². The fraction of sp³-hybridized carbons (Fsp3) is 0.500. The number of nitrogens with two attached hydrogens (primary N) is 1. The van der Waals surface area contributed by atoms with Gasteiger partial charge in [0.25, 0.3) is 0 Å². The number of benzene rings is 1. The van der Waals surface area contributed by atoms with Gasteiger partial charge in [-0.25, -0.2) is 4.98 Å². The molecule has 0 radical (unpaired) electrons. The standard InChI is InChI=1S/C18H27N3O/c1-3-4-5-6-7-8-13-21-17(14-20-18(21)19)15-9-11-16(22-2)12-10-15/h9-12,14H,3-8,13H2,1-2H3,(H2,19,20). The lowest BCUT2D eigenvalue weighted by Crippen LogP contribution is -2.05. The van der Waals surface area contributed by atoms with E-state index in [0.29, 0.717) is 5.95 Å². The second-order valence-electron chi connectivity index (χ2n) is 5.65. The third-order valence-electron chi connectivity index (χ3n) is 4.01. The van der Waals surface area contributed by atoms with Crippen LogP contribution in [0.2, 0.25) is 0 Å². The molecule has 22 heavy (non-hydrogen) atoms. The molecule has 0 saturated heterocycles. The Morgan fingerprint density at radius 3 is 2.41 bits per heavy atom.